The lowest BCUT2D eigenvalue weighted by Crippen LogP contribution is -2.20. The highest BCUT2D eigenvalue weighted by atomic mass is 16.6. The minimum absolute atomic E-state index is 0.139. The summed E-state index contributed by atoms with van der Waals surface area (Å²) in [4.78, 5) is 11.2. The van der Waals surface area contributed by atoms with E-state index in [0.717, 1.165) is 0 Å². The Morgan fingerprint density at radius 1 is 1.44 bits per heavy atom. The molecule has 0 radical (unpaired) electrons. The number of hydrogen-bond acceptors (Lipinski definition) is 4. The highest BCUT2D eigenvalue weighted by molar-refractivity contribution is 5.71. The van der Waals surface area contributed by atoms with Crippen LogP contribution in [0, 0.1) is 11.3 Å². The van der Waals surface area contributed by atoms with E-state index in [9.17, 15) is 4.79 Å². The molecule has 0 aromatic heterocycles. The number of benzene rings is 1. The van der Waals surface area contributed by atoms with Gasteiger partial charge in [0.25, 0.3) is 0 Å². The van der Waals surface area contributed by atoms with Gasteiger partial charge >= 0.3 is 5.97 Å². The number of esters is 1. The lowest BCUT2D eigenvalue weighted by atomic mass is 10.3. The number of carbonyl (C=O) groups is 1. The lowest BCUT2D eigenvalue weighted by Gasteiger charge is -2.10. The topological polar surface area (TPSA) is 59.3 Å². The quantitative estimate of drug-likeness (QED) is 0.710. The van der Waals surface area contributed by atoms with Crippen molar-refractivity contribution in [2.75, 3.05) is 6.61 Å². The molecule has 0 aliphatic rings. The van der Waals surface area contributed by atoms with Crippen molar-refractivity contribution in [2.24, 2.45) is 0 Å². The third-order valence-corrected chi connectivity index (χ3v) is 1.81. The number of hydrogen-bond donors (Lipinski definition) is 0. The first-order valence-electron chi connectivity index (χ1n) is 4.96. The Bertz CT molecular complexity index is 370. The van der Waals surface area contributed by atoms with Crippen LogP contribution in [0.25, 0.3) is 0 Å². The third kappa shape index (κ3) is 4.47. The van der Waals surface area contributed by atoms with Crippen LogP contribution in [0.3, 0.4) is 0 Å². The molecule has 0 N–H and O–H groups in total. The van der Waals surface area contributed by atoms with Crippen molar-refractivity contribution in [1.29, 1.82) is 5.26 Å². The van der Waals surface area contributed by atoms with Gasteiger partial charge in [-0.05, 0) is 19.1 Å². The van der Waals surface area contributed by atoms with Crippen LogP contribution >= 0.6 is 0 Å². The highest BCUT2D eigenvalue weighted by Crippen LogP contribution is 2.08. The Hall–Kier alpha value is -2.02. The van der Waals surface area contributed by atoms with Gasteiger partial charge in [0.05, 0.1) is 12.5 Å². The van der Waals surface area contributed by atoms with Crippen molar-refractivity contribution < 1.29 is 14.3 Å². The Balaban J connectivity index is 2.28. The van der Waals surface area contributed by atoms with Crippen LogP contribution in [0.1, 0.15) is 13.3 Å². The molecule has 16 heavy (non-hydrogen) atoms. The van der Waals surface area contributed by atoms with Crippen LogP contribution in [0.5, 0.6) is 5.75 Å². The molecule has 0 unspecified atom stereocenters. The molecular weight excluding hydrogens is 206 g/mol. The fourth-order valence-corrected chi connectivity index (χ4v) is 1.09. The second-order valence-electron chi connectivity index (χ2n) is 3.26. The van der Waals surface area contributed by atoms with Gasteiger partial charge in [-0.3, -0.25) is 0 Å². The number of rotatable bonds is 5. The molecule has 0 spiro atoms. The highest BCUT2D eigenvalue weighted by Gasteiger charge is 2.09. The number of nitriles is 1. The van der Waals surface area contributed by atoms with Gasteiger partial charge < -0.3 is 9.47 Å². The first kappa shape index (κ1) is 12.1. The van der Waals surface area contributed by atoms with Crippen LogP contribution in [-0.4, -0.2) is 18.7 Å². The van der Waals surface area contributed by atoms with Crippen molar-refractivity contribution in [1.82, 2.24) is 0 Å². The summed E-state index contributed by atoms with van der Waals surface area (Å²) in [5, 5.41) is 8.38. The van der Waals surface area contributed by atoms with Crippen LogP contribution in [0.2, 0.25) is 0 Å². The molecule has 84 valence electrons. The zero-order chi connectivity index (χ0) is 11.8. The fourth-order valence-electron chi connectivity index (χ4n) is 1.09. The Morgan fingerprint density at radius 3 is 2.75 bits per heavy atom. The predicted octanol–water partition coefficient (Wildman–Crippen LogP) is 1.91. The third-order valence-electron chi connectivity index (χ3n) is 1.81. The maximum absolute atomic E-state index is 11.2. The lowest BCUT2D eigenvalue weighted by molar-refractivity contribution is -0.150. The van der Waals surface area contributed by atoms with Gasteiger partial charge in [-0.2, -0.15) is 5.26 Å². The average molecular weight is 219 g/mol. The van der Waals surface area contributed by atoms with Crippen molar-refractivity contribution in [3.63, 3.8) is 0 Å². The van der Waals surface area contributed by atoms with Crippen LogP contribution in [0.4, 0.5) is 0 Å². The summed E-state index contributed by atoms with van der Waals surface area (Å²) >= 11 is 0. The summed E-state index contributed by atoms with van der Waals surface area (Å²) in [6.07, 6.45) is -0.200. The molecule has 4 nitrogen and oxygen atoms in total. The van der Waals surface area contributed by atoms with Crippen LogP contribution < -0.4 is 4.74 Å². The van der Waals surface area contributed by atoms with Gasteiger partial charge in [-0.1, -0.05) is 18.2 Å². The van der Waals surface area contributed by atoms with Crippen molar-refractivity contribution in [2.45, 2.75) is 19.4 Å². The van der Waals surface area contributed by atoms with Gasteiger partial charge in [0.2, 0.25) is 0 Å². The summed E-state index contributed by atoms with van der Waals surface area (Å²) in [7, 11) is 0. The van der Waals surface area contributed by atoms with E-state index >= 15 is 0 Å². The van der Waals surface area contributed by atoms with E-state index < -0.39 is 12.1 Å². The van der Waals surface area contributed by atoms with Gasteiger partial charge in [-0.15, -0.1) is 0 Å². The normalized spacial score (nSPS) is 11.2. The van der Waals surface area contributed by atoms with E-state index in [1.165, 1.54) is 0 Å². The summed E-state index contributed by atoms with van der Waals surface area (Å²) in [5.41, 5.74) is 0. The van der Waals surface area contributed by atoms with Gasteiger partial charge in [0, 0.05) is 0 Å². The zero-order valence-corrected chi connectivity index (χ0v) is 9.05. The molecule has 0 aliphatic carbocycles. The van der Waals surface area contributed by atoms with Gasteiger partial charge in [-0.25, -0.2) is 4.79 Å². The van der Waals surface area contributed by atoms with E-state index in [-0.39, 0.29) is 13.0 Å². The number of nitrogens with zero attached hydrogens (tertiary/aromatic N) is 1. The minimum Gasteiger partial charge on any atom is -0.482 e. The maximum Gasteiger partial charge on any atom is 0.344 e. The molecule has 0 amide bonds. The fraction of sp³-hybridized carbons (Fsp3) is 0.333. The Labute approximate surface area is 94.4 Å². The molecule has 1 aromatic carbocycles. The molecule has 0 fully saturated rings. The molecule has 4 heteroatoms. The zero-order valence-electron chi connectivity index (χ0n) is 9.05. The Morgan fingerprint density at radius 2 is 2.12 bits per heavy atom. The van der Waals surface area contributed by atoms with E-state index in [1.54, 1.807) is 19.1 Å². The molecule has 0 aliphatic heterocycles. The predicted molar refractivity (Wildman–Crippen MR) is 57.7 cm³/mol. The second-order valence-corrected chi connectivity index (χ2v) is 3.26. The molecule has 0 saturated carbocycles. The largest absolute Gasteiger partial charge is 0.482 e. The first-order valence-corrected chi connectivity index (χ1v) is 4.96. The molecule has 1 atom stereocenters. The number of ether oxygens (including phenoxy) is 2. The number of para-hydroxylation sites is 1. The smallest absolute Gasteiger partial charge is 0.344 e. The summed E-state index contributed by atoms with van der Waals surface area (Å²) in [5.74, 6) is 0.152. The van der Waals surface area contributed by atoms with Gasteiger partial charge in [0.1, 0.15) is 11.9 Å². The standard InChI is InChI=1S/C12H13NO3/c1-10(7-8-13)16-12(14)9-15-11-5-3-2-4-6-11/h2-6,10H,7,9H2,1H3/t10-/m0/s1. The SMILES string of the molecule is C[C@@H](CC#N)OC(=O)COc1ccccc1. The van der Waals surface area contributed by atoms with Crippen molar-refractivity contribution >= 4 is 5.97 Å². The second kappa shape index (κ2) is 6.46. The minimum atomic E-state index is -0.466. The van der Waals surface area contributed by atoms with Crippen LogP contribution in [0.15, 0.2) is 30.3 Å². The molecule has 0 saturated heterocycles. The average Bonchev–Trinajstić information content (AvgIpc) is 2.28. The van der Waals surface area contributed by atoms with E-state index in [2.05, 4.69) is 0 Å². The molecule has 1 rings (SSSR count). The van der Waals surface area contributed by atoms with Crippen LogP contribution in [-0.2, 0) is 9.53 Å². The molecular formula is C12H13NO3. The summed E-state index contributed by atoms with van der Waals surface area (Å²) in [6, 6.07) is 10.9. The molecule has 1 aromatic rings. The Kier molecular flexibility index (Phi) is 4.87. The van der Waals surface area contributed by atoms with E-state index in [4.69, 9.17) is 14.7 Å². The summed E-state index contributed by atoms with van der Waals surface area (Å²) < 4.78 is 10.1. The van der Waals surface area contributed by atoms with Crippen molar-refractivity contribution in [3.8, 4) is 11.8 Å². The molecule has 0 bridgehead atoms. The summed E-state index contributed by atoms with van der Waals surface area (Å²) in [6.45, 7) is 1.53. The van der Waals surface area contributed by atoms with Crippen molar-refractivity contribution in [3.05, 3.63) is 30.3 Å². The monoisotopic (exact) mass is 219 g/mol. The molecule has 0 heterocycles. The van der Waals surface area contributed by atoms with Gasteiger partial charge in [0.15, 0.2) is 6.61 Å². The first-order chi connectivity index (χ1) is 7.72. The maximum atomic E-state index is 11.2. The number of carbonyl (C=O) groups excluding carboxylic acids is 1. The van der Waals surface area contributed by atoms with E-state index in [1.807, 2.05) is 24.3 Å². The van der Waals surface area contributed by atoms with E-state index in [0.29, 0.717) is 5.75 Å².